The van der Waals surface area contributed by atoms with E-state index in [1.54, 1.807) is 34.0 Å². The zero-order chi connectivity index (χ0) is 94.2. The topological polar surface area (TPSA) is 97.1 Å². The maximum absolute atomic E-state index is 5.40. The lowest BCUT2D eigenvalue weighted by Crippen LogP contribution is -2.14. The van der Waals surface area contributed by atoms with Crippen LogP contribution in [0.2, 0.25) is 0 Å². The van der Waals surface area contributed by atoms with E-state index in [0.29, 0.717) is 0 Å². The molecule has 10 nitrogen and oxygen atoms in total. The third-order valence-electron chi connectivity index (χ3n) is 29.1. The number of rotatable bonds is 10. The number of fused-ring (bicyclic) bond motifs is 30. The number of benzene rings is 19. The molecule has 19 aromatic carbocycles. The molecule has 31 rings (SSSR count). The molecule has 11 heterocycles. The molecular weight excluding hydrogens is 1820 g/mol. The van der Waals surface area contributed by atoms with Crippen LogP contribution in [0.4, 0.5) is 0 Å². The Hall–Kier alpha value is -17.5. The zero-order valence-electron chi connectivity index (χ0n) is 77.3. The number of hydrogen-bond donors (Lipinski definition) is 0. The number of hydrogen-bond acceptors (Lipinski definition) is 10. The van der Waals surface area contributed by atoms with E-state index >= 15 is 0 Å². The van der Waals surface area contributed by atoms with Crippen LogP contribution in [0.25, 0.3) is 270 Å². The highest BCUT2D eigenvalue weighted by Crippen LogP contribution is 2.56. The molecule has 670 valence electrons. The number of thiophene rings is 4. The first kappa shape index (κ1) is 82.6. The molecular formula is C129H80N10S4. The summed E-state index contributed by atoms with van der Waals surface area (Å²) in [6.45, 7) is 4.71. The second kappa shape index (κ2) is 32.8. The Bertz CT molecular complexity index is 10500. The maximum Gasteiger partial charge on any atom is 0.161 e. The predicted octanol–water partition coefficient (Wildman–Crippen LogP) is 35.6. The normalized spacial score (nSPS) is 12.5. The molecule has 0 spiro atoms. The van der Waals surface area contributed by atoms with E-state index in [2.05, 4.69) is 463 Å². The summed E-state index contributed by atoms with van der Waals surface area (Å²) in [6.07, 6.45) is 0. The van der Waals surface area contributed by atoms with Gasteiger partial charge in [-0.1, -0.05) is 354 Å². The van der Waals surface area contributed by atoms with Crippen molar-refractivity contribution in [2.75, 3.05) is 0 Å². The van der Waals surface area contributed by atoms with Gasteiger partial charge in [0.1, 0.15) is 14.5 Å². The summed E-state index contributed by atoms with van der Waals surface area (Å²) in [7, 11) is 0. The van der Waals surface area contributed by atoms with Gasteiger partial charge in [-0.2, -0.15) is 0 Å². The molecule has 1 aliphatic carbocycles. The molecule has 30 aromatic rings. The van der Waals surface area contributed by atoms with Crippen LogP contribution in [-0.2, 0) is 5.41 Å². The van der Waals surface area contributed by atoms with E-state index in [9.17, 15) is 0 Å². The minimum absolute atomic E-state index is 0.0678. The molecule has 0 amide bonds. The average Bonchev–Trinajstić information content (AvgIpc) is 1.56. The lowest BCUT2D eigenvalue weighted by molar-refractivity contribution is 0.661. The smallest absolute Gasteiger partial charge is 0.161 e. The summed E-state index contributed by atoms with van der Waals surface area (Å²) in [6, 6.07) is 161. The first-order chi connectivity index (χ1) is 70.8. The minimum atomic E-state index is -0.0678. The quantitative estimate of drug-likeness (QED) is 0.135. The van der Waals surface area contributed by atoms with Crippen molar-refractivity contribution in [2.45, 2.75) is 19.3 Å². The molecule has 0 fully saturated rings. The van der Waals surface area contributed by atoms with Gasteiger partial charge in [0.25, 0.3) is 0 Å². The van der Waals surface area contributed by atoms with Crippen molar-refractivity contribution < 1.29 is 0 Å². The minimum Gasteiger partial charge on any atom is -0.309 e. The summed E-state index contributed by atoms with van der Waals surface area (Å²) in [5, 5.41) is 19.6. The van der Waals surface area contributed by atoms with Crippen LogP contribution in [0.15, 0.2) is 449 Å². The molecule has 0 saturated carbocycles. The van der Waals surface area contributed by atoms with Crippen LogP contribution in [0, 0.1) is 0 Å². The Morgan fingerprint density at radius 3 is 0.888 bits per heavy atom. The summed E-state index contributed by atoms with van der Waals surface area (Å²) < 4.78 is 16.0. The van der Waals surface area contributed by atoms with E-state index in [-0.39, 0.29) is 5.41 Å². The second-order valence-electron chi connectivity index (χ2n) is 37.3. The van der Waals surface area contributed by atoms with Gasteiger partial charge < -0.3 is 18.3 Å². The van der Waals surface area contributed by atoms with Crippen LogP contribution in [0.5, 0.6) is 0 Å². The number of nitrogens with zero attached hydrogens (tertiary/aromatic N) is 10. The molecule has 0 unspecified atom stereocenters. The highest BCUT2D eigenvalue weighted by molar-refractivity contribution is 7.27. The summed E-state index contributed by atoms with van der Waals surface area (Å²) >= 11 is 7.07. The maximum atomic E-state index is 5.40. The van der Waals surface area contributed by atoms with Crippen LogP contribution >= 0.6 is 45.3 Å². The van der Waals surface area contributed by atoms with Gasteiger partial charge in [0.05, 0.1) is 78.3 Å². The van der Waals surface area contributed by atoms with Crippen LogP contribution in [0.1, 0.15) is 25.0 Å². The van der Waals surface area contributed by atoms with Crippen LogP contribution in [0.3, 0.4) is 0 Å². The van der Waals surface area contributed by atoms with Gasteiger partial charge >= 0.3 is 0 Å². The fourth-order valence-electron chi connectivity index (χ4n) is 22.9. The molecule has 0 bridgehead atoms. The van der Waals surface area contributed by atoms with E-state index in [4.69, 9.17) is 29.9 Å². The van der Waals surface area contributed by atoms with Crippen molar-refractivity contribution in [3.63, 3.8) is 0 Å². The fraction of sp³-hybridized carbons (Fsp3) is 0.0233. The van der Waals surface area contributed by atoms with Gasteiger partial charge in [-0.05, 0) is 131 Å². The molecule has 1 aliphatic rings. The number of para-hydroxylation sites is 8. The Morgan fingerprint density at radius 2 is 0.476 bits per heavy atom. The van der Waals surface area contributed by atoms with Crippen LogP contribution < -0.4 is 0 Å². The molecule has 0 aliphatic heterocycles. The lowest BCUT2D eigenvalue weighted by atomic mass is 9.82. The van der Waals surface area contributed by atoms with Gasteiger partial charge in [-0.25, -0.2) is 29.9 Å². The van der Waals surface area contributed by atoms with Crippen molar-refractivity contribution in [3.05, 3.63) is 460 Å². The fourth-order valence-corrected chi connectivity index (χ4v) is 27.2. The van der Waals surface area contributed by atoms with Gasteiger partial charge in [0.2, 0.25) is 0 Å². The summed E-state index contributed by atoms with van der Waals surface area (Å²) in [5.41, 5.74) is 28.5. The highest BCUT2D eigenvalue weighted by atomic mass is 32.1. The summed E-state index contributed by atoms with van der Waals surface area (Å²) in [4.78, 5) is 34.6. The van der Waals surface area contributed by atoms with Crippen molar-refractivity contribution in [3.8, 4) is 102 Å². The number of aromatic nitrogens is 10. The van der Waals surface area contributed by atoms with Crippen molar-refractivity contribution in [2.24, 2.45) is 0 Å². The molecule has 0 N–H and O–H groups in total. The molecule has 0 saturated heterocycles. The molecule has 11 aromatic heterocycles. The Labute approximate surface area is 836 Å². The van der Waals surface area contributed by atoms with Crippen molar-refractivity contribution in [1.82, 2.24) is 48.2 Å². The monoisotopic (exact) mass is 1900 g/mol. The molecule has 0 radical (unpaired) electrons. The highest BCUT2D eigenvalue weighted by Gasteiger charge is 2.38. The van der Waals surface area contributed by atoms with E-state index in [1.807, 2.05) is 29.5 Å². The van der Waals surface area contributed by atoms with Gasteiger partial charge in [-0.3, -0.25) is 0 Å². The standard InChI is InChI=1S/C46H28N4S.C43H29N3S.C40H23N3S2/c1-3-15-29(16-4-1)45-47-44(43-34-22-10-14-26-40(34)51-46(43)48-45)33-21-9-13-25-37(33)50-36-24-12-8-20-32(36)42-39(50)28-27-38-41(42)31-19-7-11-23-35(31)49(38)30-17-5-2-6-18-30;1-43(2)31-20-10-6-16-27(31)37-32(43)24-25-35-38(37)28-17-7-11-21-33(28)46(35)34-22-12-8-18-29(34)40-39-30-19-9-13-23-36(30)47-42(39)45-41(44-40)26-14-4-3-5-15-26;1-2-12-24(13-3-1)39-41-38(37-28-17-7-11-21-33(28)45-40(37)42-39)26-15-5-9-19-30(26)43-29-18-8-4-14-25(29)35-31(43)22-23-34-36(35)27-16-6-10-20-32(27)44-34/h1-28H;3-25H,1-2H3;1-23H. The van der Waals surface area contributed by atoms with Gasteiger partial charge in [0, 0.05) is 154 Å². The molecule has 143 heavy (non-hydrogen) atoms. The van der Waals surface area contributed by atoms with Gasteiger partial charge in [0.15, 0.2) is 17.5 Å². The first-order valence-electron chi connectivity index (χ1n) is 48.3. The van der Waals surface area contributed by atoms with Gasteiger partial charge in [-0.15, -0.1) is 45.3 Å². The molecule has 14 heteroatoms. The van der Waals surface area contributed by atoms with E-state index in [0.717, 1.165) is 132 Å². The average molecular weight is 1900 g/mol. The van der Waals surface area contributed by atoms with Crippen LogP contribution in [-0.4, -0.2) is 48.2 Å². The SMILES string of the molecule is CC1(C)c2ccccc2-c2c1ccc1c2c2ccccc2n1-c1ccccc1-c1nc(-c2ccccc2)nc2sc3ccccc3c12.c1ccc(-c2nc(-c3ccccc3-n3c4ccccc4c4c5c(ccc43)sc3ccccc35)c3c(n2)sc2ccccc23)cc1.c1ccc(-c2nc(-c3ccccc3-n3c4ccccc4c4c5c6ccccc6n(-c6ccccc6)c5ccc43)c3c(n2)sc2ccccc23)cc1. The third kappa shape index (κ3) is 12.8. The Kier molecular flexibility index (Phi) is 19.0. The lowest BCUT2D eigenvalue weighted by Gasteiger charge is -2.21. The van der Waals surface area contributed by atoms with Crippen molar-refractivity contribution in [1.29, 1.82) is 0 Å². The largest absolute Gasteiger partial charge is 0.309 e. The second-order valence-corrected chi connectivity index (χ2v) is 41.4. The van der Waals surface area contributed by atoms with E-state index < -0.39 is 0 Å². The third-order valence-corrected chi connectivity index (χ3v) is 33.4. The van der Waals surface area contributed by atoms with E-state index in [1.165, 1.54) is 149 Å². The zero-order valence-corrected chi connectivity index (χ0v) is 80.6. The Balaban J connectivity index is 0.000000102. The summed E-state index contributed by atoms with van der Waals surface area (Å²) in [5.74, 6) is 2.22. The van der Waals surface area contributed by atoms with Crippen molar-refractivity contribution >= 4 is 214 Å². The first-order valence-corrected chi connectivity index (χ1v) is 51.6. The molecule has 0 atom stereocenters. The Morgan fingerprint density at radius 1 is 0.189 bits per heavy atom. The predicted molar refractivity (Wildman–Crippen MR) is 605 cm³/mol.